The minimum Gasteiger partial charge on any atom is -0.140 e. The Labute approximate surface area is 148 Å². The van der Waals surface area contributed by atoms with Gasteiger partial charge in [-0.05, 0) is 41.6 Å². The van der Waals surface area contributed by atoms with Crippen molar-refractivity contribution in [2.45, 2.75) is 71.1 Å². The molecule has 0 radical (unpaired) electrons. The summed E-state index contributed by atoms with van der Waals surface area (Å²) in [6.45, 7) is 12.0. The summed E-state index contributed by atoms with van der Waals surface area (Å²) < 4.78 is 0. The maximum Gasteiger partial charge on any atom is 0.0517 e. The van der Waals surface area contributed by atoms with E-state index in [4.69, 9.17) is 0 Å². The molecule has 1 atom stereocenters. The predicted octanol–water partition coefficient (Wildman–Crippen LogP) is 7.52. The molecule has 0 spiro atoms. The van der Waals surface area contributed by atoms with Gasteiger partial charge in [-0.2, -0.15) is 0 Å². The second-order valence-electron chi connectivity index (χ2n) is 7.79. The zero-order valence-electron chi connectivity index (χ0n) is 15.5. The molecule has 1 unspecified atom stereocenters. The predicted molar refractivity (Wildman–Crippen MR) is 109 cm³/mol. The van der Waals surface area contributed by atoms with E-state index in [1.54, 1.807) is 0 Å². The zero-order valence-corrected chi connectivity index (χ0v) is 17.3. The smallest absolute Gasteiger partial charge is 0.0517 e. The number of benzene rings is 1. The van der Waals surface area contributed by atoms with E-state index >= 15 is 0 Å². The van der Waals surface area contributed by atoms with Gasteiger partial charge in [-0.3, -0.25) is 0 Å². The highest BCUT2D eigenvalue weighted by Crippen LogP contribution is 2.32. The number of hydrogen-bond donors (Lipinski definition) is 0. The van der Waals surface area contributed by atoms with Gasteiger partial charge in [-0.25, -0.2) is 0 Å². The lowest BCUT2D eigenvalue weighted by Gasteiger charge is -2.25. The monoisotopic (exact) mass is 344 g/mol. The zero-order chi connectivity index (χ0) is 16.9. The fourth-order valence-corrected chi connectivity index (χ4v) is 5.08. The van der Waals surface area contributed by atoms with Gasteiger partial charge >= 0.3 is 0 Å². The van der Waals surface area contributed by atoms with Crippen LogP contribution in [-0.2, 0) is 6.42 Å². The maximum absolute atomic E-state index is 2.45. The average molecular weight is 345 g/mol. The first kappa shape index (κ1) is 18.5. The topological polar surface area (TPSA) is 0 Å². The number of unbranched alkanes of at least 4 members (excludes halogenated alkanes) is 3. The molecule has 0 amide bonds. The molecule has 0 bridgehead atoms. The molecule has 1 aromatic carbocycles. The Kier molecular flexibility index (Phi) is 6.67. The van der Waals surface area contributed by atoms with Crippen LogP contribution in [0, 0.1) is 0 Å². The molecule has 0 aliphatic carbocycles. The van der Waals surface area contributed by atoms with Crippen LogP contribution in [0.5, 0.6) is 0 Å². The molecule has 23 heavy (non-hydrogen) atoms. The molecule has 0 saturated carbocycles. The fraction of sp³-hybridized carbons (Fsp3) is 0.524. The highest BCUT2D eigenvalue weighted by Gasteiger charge is 2.23. The average Bonchev–Trinajstić information content (AvgIpc) is 2.99. The fourth-order valence-electron chi connectivity index (χ4n) is 2.83. The van der Waals surface area contributed by atoms with E-state index in [1.165, 1.54) is 53.0 Å². The third kappa shape index (κ3) is 5.32. The van der Waals surface area contributed by atoms with Crippen molar-refractivity contribution in [3.05, 3.63) is 46.8 Å². The molecule has 0 nitrogen and oxygen atoms in total. The Balaban J connectivity index is 2.01. The van der Waals surface area contributed by atoms with Crippen LogP contribution in [-0.4, -0.2) is 8.07 Å². The molecule has 1 aromatic heterocycles. The van der Waals surface area contributed by atoms with Crippen molar-refractivity contribution in [2.24, 2.45) is 0 Å². The molecule has 0 fully saturated rings. The van der Waals surface area contributed by atoms with Gasteiger partial charge in [0.25, 0.3) is 0 Å². The largest absolute Gasteiger partial charge is 0.140 e. The number of rotatable bonds is 8. The molecule has 0 N–H and O–H groups in total. The molecule has 0 aliphatic rings. The Morgan fingerprint density at radius 1 is 0.913 bits per heavy atom. The maximum atomic E-state index is 2.45. The van der Waals surface area contributed by atoms with Crippen LogP contribution >= 0.6 is 11.3 Å². The van der Waals surface area contributed by atoms with Crippen LogP contribution in [0.2, 0.25) is 19.6 Å². The van der Waals surface area contributed by atoms with Crippen molar-refractivity contribution >= 4 is 19.4 Å². The minimum absolute atomic E-state index is 0.717. The van der Waals surface area contributed by atoms with Crippen molar-refractivity contribution in [3.8, 4) is 10.4 Å². The third-order valence-corrected chi connectivity index (χ3v) is 9.06. The molecule has 0 aliphatic heterocycles. The van der Waals surface area contributed by atoms with E-state index in [0.717, 1.165) is 0 Å². The van der Waals surface area contributed by atoms with Crippen molar-refractivity contribution in [1.82, 2.24) is 0 Å². The van der Waals surface area contributed by atoms with E-state index < -0.39 is 8.07 Å². The minimum atomic E-state index is -1.11. The van der Waals surface area contributed by atoms with Crippen molar-refractivity contribution in [3.63, 3.8) is 0 Å². The van der Waals surface area contributed by atoms with Gasteiger partial charge in [-0.15, -0.1) is 11.3 Å². The second kappa shape index (κ2) is 8.30. The van der Waals surface area contributed by atoms with Crippen LogP contribution < -0.4 is 0 Å². The summed E-state index contributed by atoms with van der Waals surface area (Å²) in [6, 6.07) is 14.0. The number of hydrogen-bond acceptors (Lipinski definition) is 1. The highest BCUT2D eigenvalue weighted by molar-refractivity contribution is 7.15. The number of thiophene rings is 1. The van der Waals surface area contributed by atoms with Crippen LogP contribution in [0.25, 0.3) is 10.4 Å². The Morgan fingerprint density at radius 2 is 1.61 bits per heavy atom. The highest BCUT2D eigenvalue weighted by atomic mass is 32.1. The summed E-state index contributed by atoms with van der Waals surface area (Å²) in [5.41, 5.74) is 3.60. The van der Waals surface area contributed by atoms with Gasteiger partial charge in [0.15, 0.2) is 0 Å². The van der Waals surface area contributed by atoms with Gasteiger partial charge in [0.2, 0.25) is 0 Å². The van der Waals surface area contributed by atoms with Gasteiger partial charge in [0.05, 0.1) is 8.07 Å². The van der Waals surface area contributed by atoms with Crippen molar-refractivity contribution in [1.29, 1.82) is 0 Å². The summed E-state index contributed by atoms with van der Waals surface area (Å²) in [5, 5.41) is 0. The molecule has 0 saturated heterocycles. The quantitative estimate of drug-likeness (QED) is 0.343. The summed E-state index contributed by atoms with van der Waals surface area (Å²) >= 11 is 1.97. The van der Waals surface area contributed by atoms with Crippen molar-refractivity contribution in [2.75, 3.05) is 0 Å². The van der Waals surface area contributed by atoms with E-state index in [1.807, 2.05) is 11.3 Å². The van der Waals surface area contributed by atoms with E-state index in [0.29, 0.717) is 5.54 Å². The lowest BCUT2D eigenvalue weighted by atomic mass is 10.1. The Bertz CT molecular complexity index is 589. The van der Waals surface area contributed by atoms with Crippen LogP contribution in [0.1, 0.15) is 55.5 Å². The lowest BCUT2D eigenvalue weighted by Crippen LogP contribution is -2.28. The first-order chi connectivity index (χ1) is 10.9. The summed E-state index contributed by atoms with van der Waals surface area (Å²) in [5.74, 6) is 0. The van der Waals surface area contributed by atoms with Gasteiger partial charge in [-0.1, -0.05) is 77.0 Å². The molecule has 2 heteroatoms. The van der Waals surface area contributed by atoms with E-state index in [-0.39, 0.29) is 0 Å². The molecule has 1 heterocycles. The Hall–Kier alpha value is -0.863. The molecule has 2 rings (SSSR count). The standard InChI is InChI=1S/C21H32SSi/c1-6-7-8-9-10-20-15-16-21(22-20)19-13-11-18(12-14-19)17(2)23(3,4)5/h11-17H,6-10H2,1-5H3. The normalized spacial score (nSPS) is 13.3. The molecular formula is C21H32SSi. The molecule has 2 aromatic rings. The first-order valence-corrected chi connectivity index (χ1v) is 13.5. The number of aryl methyl sites for hydroxylation is 1. The van der Waals surface area contributed by atoms with Crippen LogP contribution in [0.4, 0.5) is 0 Å². The first-order valence-electron chi connectivity index (χ1n) is 9.11. The second-order valence-corrected chi connectivity index (χ2v) is 14.6. The van der Waals surface area contributed by atoms with E-state index in [2.05, 4.69) is 69.9 Å². The summed E-state index contributed by atoms with van der Waals surface area (Å²) in [7, 11) is -1.11. The molecular weight excluding hydrogens is 312 g/mol. The van der Waals surface area contributed by atoms with Gasteiger partial charge in [0.1, 0.15) is 0 Å². The van der Waals surface area contributed by atoms with Crippen molar-refractivity contribution < 1.29 is 0 Å². The SMILES string of the molecule is CCCCCCc1ccc(-c2ccc(C(C)[Si](C)(C)C)cc2)s1. The van der Waals surface area contributed by atoms with Crippen LogP contribution in [0.3, 0.4) is 0 Å². The van der Waals surface area contributed by atoms with Gasteiger partial charge in [0, 0.05) is 9.75 Å². The Morgan fingerprint density at radius 3 is 2.22 bits per heavy atom. The van der Waals surface area contributed by atoms with Gasteiger partial charge < -0.3 is 0 Å². The lowest BCUT2D eigenvalue weighted by molar-refractivity contribution is 0.670. The third-order valence-electron chi connectivity index (χ3n) is 4.93. The van der Waals surface area contributed by atoms with Crippen LogP contribution in [0.15, 0.2) is 36.4 Å². The van der Waals surface area contributed by atoms with E-state index in [9.17, 15) is 0 Å². The summed E-state index contributed by atoms with van der Waals surface area (Å²) in [4.78, 5) is 2.96. The molecule has 126 valence electrons. The summed E-state index contributed by atoms with van der Waals surface area (Å²) in [6.07, 6.45) is 6.63.